The molecule has 3 nitrogen and oxygen atoms in total. The van der Waals surface area contributed by atoms with Crippen molar-refractivity contribution in [2.45, 2.75) is 19.4 Å². The van der Waals surface area contributed by atoms with Crippen molar-refractivity contribution in [1.82, 2.24) is 0 Å². The van der Waals surface area contributed by atoms with Crippen LogP contribution in [-0.4, -0.2) is 0 Å². The first-order chi connectivity index (χ1) is 4.67. The fourth-order valence-electron chi connectivity index (χ4n) is 0.679. The van der Waals surface area contributed by atoms with Gasteiger partial charge < -0.3 is 4.42 Å². The standard InChI is InChI=1S/C7H11NO2/c1-7(2,10-8)6-4-3-5-9-6/h3-5H,8H2,1-2H3. The molecule has 0 bridgehead atoms. The van der Waals surface area contributed by atoms with Gasteiger partial charge in [-0.25, -0.2) is 5.90 Å². The van der Waals surface area contributed by atoms with Crippen molar-refractivity contribution in [3.63, 3.8) is 0 Å². The molecular weight excluding hydrogens is 130 g/mol. The smallest absolute Gasteiger partial charge is 0.141 e. The summed E-state index contributed by atoms with van der Waals surface area (Å²) < 4.78 is 5.08. The van der Waals surface area contributed by atoms with E-state index in [2.05, 4.69) is 4.84 Å². The van der Waals surface area contributed by atoms with Crippen LogP contribution in [-0.2, 0) is 10.4 Å². The maximum atomic E-state index is 5.08. The van der Waals surface area contributed by atoms with Gasteiger partial charge in [0.1, 0.15) is 11.4 Å². The molecular formula is C7H11NO2. The minimum atomic E-state index is -0.524. The molecule has 0 unspecified atom stereocenters. The largest absolute Gasteiger partial charge is 0.466 e. The lowest BCUT2D eigenvalue weighted by Gasteiger charge is -2.17. The summed E-state index contributed by atoms with van der Waals surface area (Å²) in [6.45, 7) is 3.68. The van der Waals surface area contributed by atoms with Crippen LogP contribution in [0.2, 0.25) is 0 Å². The van der Waals surface area contributed by atoms with E-state index in [1.54, 1.807) is 12.3 Å². The van der Waals surface area contributed by atoms with Crippen molar-refractivity contribution in [1.29, 1.82) is 0 Å². The summed E-state index contributed by atoms with van der Waals surface area (Å²) in [4.78, 5) is 4.69. The second kappa shape index (κ2) is 2.44. The van der Waals surface area contributed by atoms with Crippen molar-refractivity contribution in [2.75, 3.05) is 0 Å². The third-order valence-electron chi connectivity index (χ3n) is 1.41. The molecule has 0 amide bonds. The van der Waals surface area contributed by atoms with E-state index < -0.39 is 5.60 Å². The Balaban J connectivity index is 2.85. The maximum Gasteiger partial charge on any atom is 0.141 e. The molecule has 56 valence electrons. The first-order valence-corrected chi connectivity index (χ1v) is 3.08. The van der Waals surface area contributed by atoms with E-state index in [-0.39, 0.29) is 0 Å². The van der Waals surface area contributed by atoms with Gasteiger partial charge in [0.2, 0.25) is 0 Å². The Hall–Kier alpha value is -0.800. The van der Waals surface area contributed by atoms with E-state index in [0.717, 1.165) is 5.76 Å². The van der Waals surface area contributed by atoms with Crippen molar-refractivity contribution in [3.05, 3.63) is 24.2 Å². The maximum absolute atomic E-state index is 5.08. The fourth-order valence-corrected chi connectivity index (χ4v) is 0.679. The molecule has 1 rings (SSSR count). The minimum Gasteiger partial charge on any atom is -0.466 e. The topological polar surface area (TPSA) is 48.4 Å². The van der Waals surface area contributed by atoms with Crippen LogP contribution in [0.1, 0.15) is 19.6 Å². The van der Waals surface area contributed by atoms with Crippen molar-refractivity contribution in [3.8, 4) is 0 Å². The lowest BCUT2D eigenvalue weighted by Crippen LogP contribution is -2.24. The normalized spacial score (nSPS) is 11.9. The monoisotopic (exact) mass is 141 g/mol. The number of nitrogens with two attached hydrogens (primary N) is 1. The molecule has 0 aliphatic rings. The van der Waals surface area contributed by atoms with Crippen LogP contribution in [0.4, 0.5) is 0 Å². The van der Waals surface area contributed by atoms with Crippen LogP contribution in [0.3, 0.4) is 0 Å². The van der Waals surface area contributed by atoms with Crippen LogP contribution >= 0.6 is 0 Å². The van der Waals surface area contributed by atoms with Gasteiger partial charge in [-0.3, -0.25) is 4.84 Å². The highest BCUT2D eigenvalue weighted by molar-refractivity contribution is 5.06. The van der Waals surface area contributed by atoms with Gasteiger partial charge in [0.05, 0.1) is 6.26 Å². The lowest BCUT2D eigenvalue weighted by molar-refractivity contribution is -0.0388. The molecule has 0 atom stereocenters. The first-order valence-electron chi connectivity index (χ1n) is 3.08. The molecule has 2 N–H and O–H groups in total. The molecule has 1 aromatic heterocycles. The van der Waals surface area contributed by atoms with Gasteiger partial charge >= 0.3 is 0 Å². The molecule has 0 aromatic carbocycles. The van der Waals surface area contributed by atoms with E-state index in [9.17, 15) is 0 Å². The zero-order chi connectivity index (χ0) is 7.61. The molecule has 0 saturated carbocycles. The minimum absolute atomic E-state index is 0.524. The van der Waals surface area contributed by atoms with Gasteiger partial charge in [-0.05, 0) is 26.0 Å². The number of hydrogen-bond acceptors (Lipinski definition) is 3. The molecule has 0 saturated heterocycles. The third kappa shape index (κ3) is 1.20. The Bertz CT molecular complexity index is 191. The zero-order valence-corrected chi connectivity index (χ0v) is 6.13. The van der Waals surface area contributed by atoms with E-state index in [0.29, 0.717) is 0 Å². The second-order valence-electron chi connectivity index (χ2n) is 2.61. The zero-order valence-electron chi connectivity index (χ0n) is 6.13. The molecule has 0 aliphatic heterocycles. The Labute approximate surface area is 59.7 Å². The highest BCUT2D eigenvalue weighted by Gasteiger charge is 2.22. The van der Waals surface area contributed by atoms with Gasteiger partial charge in [0.25, 0.3) is 0 Å². The quantitative estimate of drug-likeness (QED) is 0.633. The van der Waals surface area contributed by atoms with Crippen LogP contribution in [0.15, 0.2) is 22.8 Å². The Morgan fingerprint density at radius 3 is 2.70 bits per heavy atom. The fraction of sp³-hybridized carbons (Fsp3) is 0.429. The summed E-state index contributed by atoms with van der Waals surface area (Å²) in [5, 5.41) is 0. The van der Waals surface area contributed by atoms with Crippen molar-refractivity contribution in [2.24, 2.45) is 5.90 Å². The Kier molecular flexibility index (Phi) is 1.78. The van der Waals surface area contributed by atoms with Gasteiger partial charge in [0, 0.05) is 0 Å². The first kappa shape index (κ1) is 7.31. The van der Waals surface area contributed by atoms with Crippen LogP contribution < -0.4 is 5.90 Å². The average molecular weight is 141 g/mol. The molecule has 1 heterocycles. The summed E-state index contributed by atoms with van der Waals surface area (Å²) in [6.07, 6.45) is 1.59. The van der Waals surface area contributed by atoms with Gasteiger partial charge in [-0.1, -0.05) is 0 Å². The van der Waals surface area contributed by atoms with E-state index >= 15 is 0 Å². The van der Waals surface area contributed by atoms with Gasteiger partial charge in [-0.15, -0.1) is 0 Å². The Morgan fingerprint density at radius 1 is 1.60 bits per heavy atom. The molecule has 10 heavy (non-hydrogen) atoms. The van der Waals surface area contributed by atoms with E-state index in [4.69, 9.17) is 10.3 Å². The van der Waals surface area contributed by atoms with Crippen LogP contribution in [0.5, 0.6) is 0 Å². The van der Waals surface area contributed by atoms with Gasteiger partial charge in [-0.2, -0.15) is 0 Å². The van der Waals surface area contributed by atoms with E-state index in [1.165, 1.54) is 0 Å². The highest BCUT2D eigenvalue weighted by Crippen LogP contribution is 2.22. The summed E-state index contributed by atoms with van der Waals surface area (Å²) in [7, 11) is 0. The second-order valence-corrected chi connectivity index (χ2v) is 2.61. The number of rotatable bonds is 2. The SMILES string of the molecule is CC(C)(ON)c1ccco1. The predicted octanol–water partition coefficient (Wildman–Crippen LogP) is 1.41. The van der Waals surface area contributed by atoms with Crippen LogP contribution in [0, 0.1) is 0 Å². The van der Waals surface area contributed by atoms with E-state index in [1.807, 2.05) is 19.9 Å². The summed E-state index contributed by atoms with van der Waals surface area (Å²) in [5.41, 5.74) is -0.524. The molecule has 1 aromatic rings. The summed E-state index contributed by atoms with van der Waals surface area (Å²) in [5.74, 6) is 5.77. The lowest BCUT2D eigenvalue weighted by atomic mass is 10.1. The molecule has 0 spiro atoms. The molecule has 3 heteroatoms. The summed E-state index contributed by atoms with van der Waals surface area (Å²) >= 11 is 0. The third-order valence-corrected chi connectivity index (χ3v) is 1.41. The molecule has 0 aliphatic carbocycles. The number of furan rings is 1. The van der Waals surface area contributed by atoms with Crippen LogP contribution in [0.25, 0.3) is 0 Å². The summed E-state index contributed by atoms with van der Waals surface area (Å²) in [6, 6.07) is 3.63. The van der Waals surface area contributed by atoms with Crippen molar-refractivity contribution < 1.29 is 9.25 Å². The molecule has 0 radical (unpaired) electrons. The van der Waals surface area contributed by atoms with Gasteiger partial charge in [0.15, 0.2) is 0 Å². The average Bonchev–Trinajstić information content (AvgIpc) is 2.38. The van der Waals surface area contributed by atoms with Crippen molar-refractivity contribution >= 4 is 0 Å². The highest BCUT2D eigenvalue weighted by atomic mass is 16.6. The predicted molar refractivity (Wildman–Crippen MR) is 37.0 cm³/mol. The molecule has 0 fully saturated rings. The Morgan fingerprint density at radius 2 is 2.30 bits per heavy atom. The number of hydrogen-bond donors (Lipinski definition) is 1.